The maximum atomic E-state index is 11.5. The monoisotopic (exact) mass is 126 g/mol. The van der Waals surface area contributed by atoms with Crippen molar-refractivity contribution in [3.63, 3.8) is 0 Å². The molecule has 1 heteroatoms. The van der Waals surface area contributed by atoms with Crippen molar-refractivity contribution in [2.45, 2.75) is 19.3 Å². The van der Waals surface area contributed by atoms with Crippen LogP contribution in [0.15, 0.2) is 23.8 Å². The molecular formula is C8H11F. The molecule has 0 atom stereocenters. The van der Waals surface area contributed by atoms with E-state index in [1.54, 1.807) is 6.08 Å². The molecule has 0 fully saturated rings. The zero-order chi connectivity index (χ0) is 6.53. The van der Waals surface area contributed by atoms with Crippen LogP contribution < -0.4 is 0 Å². The van der Waals surface area contributed by atoms with E-state index < -0.39 is 0 Å². The average Bonchev–Trinajstić information content (AvgIpc) is 2.34. The first-order valence-electron chi connectivity index (χ1n) is 3.35. The Kier molecular flexibility index (Phi) is 2.49. The largest absolute Gasteiger partial charge is 0.247 e. The lowest BCUT2D eigenvalue weighted by Gasteiger charge is -1.86. The Morgan fingerprint density at radius 2 is 2.56 bits per heavy atom. The summed E-state index contributed by atoms with van der Waals surface area (Å²) in [7, 11) is 0. The van der Waals surface area contributed by atoms with Crippen LogP contribution in [0.25, 0.3) is 0 Å². The van der Waals surface area contributed by atoms with Crippen LogP contribution in [-0.4, -0.2) is 6.67 Å². The number of rotatable bonds is 2. The van der Waals surface area contributed by atoms with Crippen molar-refractivity contribution in [3.05, 3.63) is 23.8 Å². The molecule has 9 heavy (non-hydrogen) atoms. The maximum Gasteiger partial charge on any atom is 0.108 e. The molecule has 0 aromatic rings. The Balaban J connectivity index is 2.34. The van der Waals surface area contributed by atoms with Gasteiger partial charge in [0.1, 0.15) is 6.67 Å². The van der Waals surface area contributed by atoms with Gasteiger partial charge in [0.25, 0.3) is 0 Å². The molecule has 0 radical (unpaired) electrons. The second-order valence-corrected chi connectivity index (χ2v) is 2.23. The summed E-state index contributed by atoms with van der Waals surface area (Å²) in [6.07, 6.45) is 9.17. The second kappa shape index (κ2) is 3.44. The Morgan fingerprint density at radius 1 is 1.67 bits per heavy atom. The molecule has 0 aliphatic heterocycles. The van der Waals surface area contributed by atoms with Gasteiger partial charge in [0.15, 0.2) is 0 Å². The summed E-state index contributed by atoms with van der Waals surface area (Å²) in [4.78, 5) is 0. The van der Waals surface area contributed by atoms with Gasteiger partial charge in [-0.1, -0.05) is 23.8 Å². The number of hydrogen-bond acceptors (Lipinski definition) is 0. The summed E-state index contributed by atoms with van der Waals surface area (Å²) < 4.78 is 11.5. The van der Waals surface area contributed by atoms with Gasteiger partial charge in [0.2, 0.25) is 0 Å². The highest BCUT2D eigenvalue weighted by atomic mass is 19.1. The van der Waals surface area contributed by atoms with Gasteiger partial charge < -0.3 is 0 Å². The highest BCUT2D eigenvalue weighted by Gasteiger charge is 1.98. The summed E-state index contributed by atoms with van der Waals surface area (Å²) in [6, 6.07) is 0. The molecule has 0 nitrogen and oxygen atoms in total. The molecule has 0 saturated carbocycles. The highest BCUT2D eigenvalue weighted by molar-refractivity contribution is 5.21. The Bertz CT molecular complexity index is 134. The van der Waals surface area contributed by atoms with Gasteiger partial charge in [-0.25, -0.2) is 4.39 Å². The summed E-state index contributed by atoms with van der Waals surface area (Å²) in [5, 5.41) is 0. The summed E-state index contributed by atoms with van der Waals surface area (Å²) in [5.41, 5.74) is 1.30. The van der Waals surface area contributed by atoms with E-state index in [2.05, 4.69) is 6.08 Å². The molecular weight excluding hydrogens is 115 g/mol. The van der Waals surface area contributed by atoms with E-state index in [-0.39, 0.29) is 6.67 Å². The van der Waals surface area contributed by atoms with E-state index in [9.17, 15) is 4.39 Å². The molecule has 0 saturated heterocycles. The van der Waals surface area contributed by atoms with E-state index >= 15 is 0 Å². The average molecular weight is 126 g/mol. The first kappa shape index (κ1) is 6.53. The predicted molar refractivity (Wildman–Crippen MR) is 37.0 cm³/mol. The highest BCUT2D eigenvalue weighted by Crippen LogP contribution is 2.17. The molecule has 1 aliphatic rings. The fraction of sp³-hybridized carbons (Fsp3) is 0.500. The smallest absolute Gasteiger partial charge is 0.108 e. The van der Waals surface area contributed by atoms with Crippen LogP contribution in [-0.2, 0) is 0 Å². The Morgan fingerprint density at radius 3 is 3.11 bits per heavy atom. The lowest BCUT2D eigenvalue weighted by Crippen LogP contribution is -1.69. The molecule has 0 aromatic heterocycles. The van der Waals surface area contributed by atoms with Crippen LogP contribution in [0.3, 0.4) is 0 Å². The lowest BCUT2D eigenvalue weighted by molar-refractivity contribution is 0.561. The third-order valence-corrected chi connectivity index (χ3v) is 1.50. The van der Waals surface area contributed by atoms with Gasteiger partial charge in [-0.15, -0.1) is 0 Å². The van der Waals surface area contributed by atoms with Crippen LogP contribution >= 0.6 is 0 Å². The van der Waals surface area contributed by atoms with Crippen LogP contribution in [0.5, 0.6) is 0 Å². The van der Waals surface area contributed by atoms with Crippen LogP contribution in [0.1, 0.15) is 19.3 Å². The minimum atomic E-state index is -0.336. The molecule has 0 spiro atoms. The number of halogens is 1. The molecule has 0 N–H and O–H groups in total. The normalized spacial score (nSPS) is 19.0. The van der Waals surface area contributed by atoms with Crippen molar-refractivity contribution in [2.24, 2.45) is 0 Å². The van der Waals surface area contributed by atoms with Crippen LogP contribution in [0.2, 0.25) is 0 Å². The van der Waals surface area contributed by atoms with Crippen LogP contribution in [0.4, 0.5) is 4.39 Å². The quantitative estimate of drug-likeness (QED) is 0.533. The summed E-state index contributed by atoms with van der Waals surface area (Å²) in [5.74, 6) is 0. The first-order valence-corrected chi connectivity index (χ1v) is 3.35. The Labute approximate surface area is 55.1 Å². The van der Waals surface area contributed by atoms with Crippen molar-refractivity contribution < 1.29 is 4.39 Å². The van der Waals surface area contributed by atoms with Gasteiger partial charge in [-0.05, 0) is 19.3 Å². The maximum absolute atomic E-state index is 11.5. The molecule has 0 unspecified atom stereocenters. The van der Waals surface area contributed by atoms with E-state index in [4.69, 9.17) is 0 Å². The first-order chi connectivity index (χ1) is 4.43. The Hall–Kier alpha value is -0.590. The van der Waals surface area contributed by atoms with Crippen molar-refractivity contribution >= 4 is 0 Å². The molecule has 0 amide bonds. The molecule has 0 bridgehead atoms. The fourth-order valence-electron chi connectivity index (χ4n) is 1.04. The molecule has 0 aromatic carbocycles. The van der Waals surface area contributed by atoms with Crippen molar-refractivity contribution in [1.82, 2.24) is 0 Å². The summed E-state index contributed by atoms with van der Waals surface area (Å²) >= 11 is 0. The van der Waals surface area contributed by atoms with Crippen molar-refractivity contribution in [3.8, 4) is 0 Å². The second-order valence-electron chi connectivity index (χ2n) is 2.23. The van der Waals surface area contributed by atoms with Crippen LogP contribution in [0, 0.1) is 0 Å². The molecule has 1 rings (SSSR count). The topological polar surface area (TPSA) is 0 Å². The summed E-state index contributed by atoms with van der Waals surface area (Å²) in [6.45, 7) is -0.336. The standard InChI is InChI=1S/C8H11F/c9-7-3-6-8-4-1-2-5-8/h3-4,6H,1-2,5,7H2/b6-3-. The van der Waals surface area contributed by atoms with E-state index in [1.807, 2.05) is 6.08 Å². The third kappa shape index (κ3) is 2.00. The van der Waals surface area contributed by atoms with Gasteiger partial charge in [-0.2, -0.15) is 0 Å². The van der Waals surface area contributed by atoms with E-state index in [1.165, 1.54) is 18.4 Å². The molecule has 1 aliphatic carbocycles. The third-order valence-electron chi connectivity index (χ3n) is 1.50. The van der Waals surface area contributed by atoms with Crippen molar-refractivity contribution in [1.29, 1.82) is 0 Å². The molecule has 50 valence electrons. The van der Waals surface area contributed by atoms with Crippen molar-refractivity contribution in [2.75, 3.05) is 6.67 Å². The number of allylic oxidation sites excluding steroid dienone is 4. The van der Waals surface area contributed by atoms with E-state index in [0.717, 1.165) is 6.42 Å². The predicted octanol–water partition coefficient (Wildman–Crippen LogP) is 2.62. The van der Waals surface area contributed by atoms with Gasteiger partial charge in [0.05, 0.1) is 0 Å². The SMILES string of the molecule is FC/C=C\C1=CCCC1. The lowest BCUT2D eigenvalue weighted by atomic mass is 10.2. The zero-order valence-corrected chi connectivity index (χ0v) is 5.44. The van der Waals surface area contributed by atoms with Gasteiger partial charge in [-0.3, -0.25) is 0 Å². The van der Waals surface area contributed by atoms with Gasteiger partial charge >= 0.3 is 0 Å². The molecule has 0 heterocycles. The number of hydrogen-bond donors (Lipinski definition) is 0. The fourth-order valence-corrected chi connectivity index (χ4v) is 1.04. The minimum Gasteiger partial charge on any atom is -0.247 e. The minimum absolute atomic E-state index is 0.336. The van der Waals surface area contributed by atoms with E-state index in [0.29, 0.717) is 0 Å². The number of alkyl halides is 1. The zero-order valence-electron chi connectivity index (χ0n) is 5.44. The van der Waals surface area contributed by atoms with Gasteiger partial charge in [0, 0.05) is 0 Å².